The summed E-state index contributed by atoms with van der Waals surface area (Å²) in [5.41, 5.74) is 0.0565. The van der Waals surface area contributed by atoms with Gasteiger partial charge in [-0.1, -0.05) is 11.6 Å². The Morgan fingerprint density at radius 1 is 1.33 bits per heavy atom. The van der Waals surface area contributed by atoms with Gasteiger partial charge in [0.1, 0.15) is 5.82 Å². The van der Waals surface area contributed by atoms with Crippen molar-refractivity contribution in [1.29, 1.82) is 0 Å². The Balaban J connectivity index is 2.02. The molecule has 0 radical (unpaired) electrons. The minimum atomic E-state index is -0.744. The van der Waals surface area contributed by atoms with Crippen LogP contribution in [0.5, 0.6) is 0 Å². The first kappa shape index (κ1) is 15.7. The van der Waals surface area contributed by atoms with Crippen LogP contribution in [0.2, 0.25) is 5.02 Å². The molecule has 0 amide bonds. The fourth-order valence-electron chi connectivity index (χ4n) is 1.71. The first-order chi connectivity index (χ1) is 9.99. The van der Waals surface area contributed by atoms with Crippen molar-refractivity contribution in [2.45, 2.75) is 13.0 Å². The van der Waals surface area contributed by atoms with Gasteiger partial charge in [-0.05, 0) is 18.2 Å². The summed E-state index contributed by atoms with van der Waals surface area (Å²) in [4.78, 5) is 12.9. The molecular weight excluding hydrogens is 320 g/mol. The molecular formula is C14H12ClF2NO2S. The lowest BCUT2D eigenvalue weighted by Gasteiger charge is -2.08. The van der Waals surface area contributed by atoms with Gasteiger partial charge in [-0.2, -0.15) is 0 Å². The highest BCUT2D eigenvalue weighted by Gasteiger charge is 2.11. The van der Waals surface area contributed by atoms with Crippen LogP contribution in [0.4, 0.5) is 14.5 Å². The zero-order valence-corrected chi connectivity index (χ0v) is 12.7. The van der Waals surface area contributed by atoms with Crippen molar-refractivity contribution >= 4 is 34.6 Å². The van der Waals surface area contributed by atoms with Crippen molar-refractivity contribution in [1.82, 2.24) is 0 Å². The number of ether oxygens (including phenoxy) is 1. The summed E-state index contributed by atoms with van der Waals surface area (Å²) in [5.74, 6) is -1.78. The van der Waals surface area contributed by atoms with Gasteiger partial charge in [0.15, 0.2) is 5.82 Å². The normalized spacial score (nSPS) is 10.5. The van der Waals surface area contributed by atoms with E-state index in [2.05, 4.69) is 10.1 Å². The first-order valence-corrected chi connectivity index (χ1v) is 7.22. The lowest BCUT2D eigenvalue weighted by Crippen LogP contribution is -2.02. The Morgan fingerprint density at radius 3 is 2.71 bits per heavy atom. The van der Waals surface area contributed by atoms with Crippen molar-refractivity contribution in [2.24, 2.45) is 0 Å². The maximum atomic E-state index is 13.6. The topological polar surface area (TPSA) is 38.3 Å². The maximum Gasteiger partial charge on any atom is 0.310 e. The second-order valence-electron chi connectivity index (χ2n) is 4.22. The Morgan fingerprint density at radius 2 is 2.05 bits per heavy atom. The van der Waals surface area contributed by atoms with Gasteiger partial charge in [0.2, 0.25) is 0 Å². The molecule has 1 aromatic heterocycles. The van der Waals surface area contributed by atoms with E-state index in [1.165, 1.54) is 18.4 Å². The molecule has 0 aliphatic heterocycles. The molecule has 112 valence electrons. The molecule has 1 aromatic carbocycles. The number of halogens is 3. The van der Waals surface area contributed by atoms with Crippen LogP contribution in [0.3, 0.4) is 0 Å². The smallest absolute Gasteiger partial charge is 0.310 e. The molecule has 21 heavy (non-hydrogen) atoms. The van der Waals surface area contributed by atoms with Crippen LogP contribution in [0.15, 0.2) is 24.3 Å². The minimum Gasteiger partial charge on any atom is -0.469 e. The predicted octanol–water partition coefficient (Wildman–Crippen LogP) is 4.01. The monoisotopic (exact) mass is 331 g/mol. The second kappa shape index (κ2) is 6.87. The standard InChI is InChI=1S/C14H12ClF2NO2S/c1-20-13(19)6-9-2-3-10(21-9)7-18-14-11(15)4-8(16)5-12(14)17/h2-5,18H,6-7H2,1H3. The maximum absolute atomic E-state index is 13.6. The fraction of sp³-hybridized carbons (Fsp3) is 0.214. The number of hydrogen-bond donors (Lipinski definition) is 1. The number of benzene rings is 1. The third-order valence-corrected chi connectivity index (χ3v) is 4.09. The zero-order valence-electron chi connectivity index (χ0n) is 11.1. The largest absolute Gasteiger partial charge is 0.469 e. The summed E-state index contributed by atoms with van der Waals surface area (Å²) < 4.78 is 31.1. The number of nitrogens with one attached hydrogen (secondary N) is 1. The Kier molecular flexibility index (Phi) is 5.14. The molecule has 0 bridgehead atoms. The van der Waals surface area contributed by atoms with Gasteiger partial charge < -0.3 is 10.1 Å². The lowest BCUT2D eigenvalue weighted by atomic mass is 10.3. The van der Waals surface area contributed by atoms with E-state index >= 15 is 0 Å². The molecule has 0 fully saturated rings. The van der Waals surface area contributed by atoms with Crippen LogP contribution in [0.25, 0.3) is 0 Å². The average molecular weight is 332 g/mol. The molecule has 0 saturated heterocycles. The van der Waals surface area contributed by atoms with E-state index in [-0.39, 0.29) is 23.1 Å². The highest BCUT2D eigenvalue weighted by atomic mass is 35.5. The van der Waals surface area contributed by atoms with E-state index < -0.39 is 11.6 Å². The molecule has 1 heterocycles. The highest BCUT2D eigenvalue weighted by Crippen LogP contribution is 2.27. The number of esters is 1. The number of rotatable bonds is 5. The molecule has 7 heteroatoms. The van der Waals surface area contributed by atoms with Crippen molar-refractivity contribution in [3.8, 4) is 0 Å². The van der Waals surface area contributed by atoms with Crippen molar-refractivity contribution in [3.63, 3.8) is 0 Å². The Bertz CT molecular complexity index is 637. The van der Waals surface area contributed by atoms with E-state index in [0.29, 0.717) is 6.54 Å². The van der Waals surface area contributed by atoms with Crippen LogP contribution < -0.4 is 5.32 Å². The molecule has 0 atom stereocenters. The van der Waals surface area contributed by atoms with Gasteiger partial charge in [-0.25, -0.2) is 8.78 Å². The minimum absolute atomic E-state index is 0.0150. The molecule has 3 nitrogen and oxygen atoms in total. The summed E-state index contributed by atoms with van der Waals surface area (Å²) in [6, 6.07) is 5.45. The predicted molar refractivity (Wildman–Crippen MR) is 78.7 cm³/mol. The first-order valence-electron chi connectivity index (χ1n) is 6.02. The highest BCUT2D eigenvalue weighted by molar-refractivity contribution is 7.12. The SMILES string of the molecule is COC(=O)Cc1ccc(CNc2c(F)cc(F)cc2Cl)s1. The number of thiophene rings is 1. The van der Waals surface area contributed by atoms with Crippen LogP contribution in [-0.4, -0.2) is 13.1 Å². The molecule has 0 unspecified atom stereocenters. The van der Waals surface area contributed by atoms with Gasteiger partial charge >= 0.3 is 5.97 Å². The number of carbonyl (C=O) groups excluding carboxylic acids is 1. The van der Waals surface area contributed by atoms with Gasteiger partial charge in [-0.15, -0.1) is 11.3 Å². The van der Waals surface area contributed by atoms with Gasteiger partial charge in [-0.3, -0.25) is 4.79 Å². The fourth-order valence-corrected chi connectivity index (χ4v) is 2.92. The summed E-state index contributed by atoms with van der Waals surface area (Å²) in [6.45, 7) is 0.327. The number of methoxy groups -OCH3 is 1. The van der Waals surface area contributed by atoms with Gasteiger partial charge in [0, 0.05) is 22.4 Å². The number of anilines is 1. The van der Waals surface area contributed by atoms with Crippen LogP contribution in [0.1, 0.15) is 9.75 Å². The molecule has 2 aromatic rings. The molecule has 0 spiro atoms. The van der Waals surface area contributed by atoms with Crippen LogP contribution in [-0.2, 0) is 22.5 Å². The summed E-state index contributed by atoms with van der Waals surface area (Å²) in [7, 11) is 1.33. The second-order valence-corrected chi connectivity index (χ2v) is 5.88. The van der Waals surface area contributed by atoms with Crippen LogP contribution in [0, 0.1) is 11.6 Å². The lowest BCUT2D eigenvalue weighted by molar-refractivity contribution is -0.139. The van der Waals surface area contributed by atoms with Crippen LogP contribution >= 0.6 is 22.9 Å². The quantitative estimate of drug-likeness (QED) is 0.841. The molecule has 0 aliphatic carbocycles. The number of hydrogen-bond acceptors (Lipinski definition) is 4. The third-order valence-electron chi connectivity index (χ3n) is 2.71. The molecule has 2 rings (SSSR count). The van der Waals surface area contributed by atoms with E-state index in [1.807, 2.05) is 6.07 Å². The van der Waals surface area contributed by atoms with Crippen molar-refractivity contribution in [3.05, 3.63) is 50.7 Å². The average Bonchev–Trinajstić information content (AvgIpc) is 2.85. The van der Waals surface area contributed by atoms with E-state index in [9.17, 15) is 13.6 Å². The number of carbonyl (C=O) groups is 1. The van der Waals surface area contributed by atoms with Gasteiger partial charge in [0.05, 0.1) is 24.2 Å². The Hall–Kier alpha value is -1.66. The molecule has 0 saturated carbocycles. The Labute approximate surface area is 129 Å². The van der Waals surface area contributed by atoms with E-state index in [1.54, 1.807) is 6.07 Å². The zero-order chi connectivity index (χ0) is 15.4. The van der Waals surface area contributed by atoms with E-state index in [4.69, 9.17) is 11.6 Å². The summed E-state index contributed by atoms with van der Waals surface area (Å²) in [5, 5.41) is 2.81. The molecule has 0 aliphatic rings. The van der Waals surface area contributed by atoms with Gasteiger partial charge in [0.25, 0.3) is 0 Å². The summed E-state index contributed by atoms with van der Waals surface area (Å²) in [6.07, 6.45) is 0.201. The molecule has 1 N–H and O–H groups in total. The van der Waals surface area contributed by atoms with Crippen molar-refractivity contribution in [2.75, 3.05) is 12.4 Å². The summed E-state index contributed by atoms with van der Waals surface area (Å²) >= 11 is 7.20. The van der Waals surface area contributed by atoms with E-state index in [0.717, 1.165) is 21.9 Å². The van der Waals surface area contributed by atoms with Crippen molar-refractivity contribution < 1.29 is 18.3 Å². The third kappa shape index (κ3) is 4.15.